The Bertz CT molecular complexity index is 505. The molecule has 2 aromatic rings. The maximum absolute atomic E-state index is 5.38. The molecule has 2 rings (SSSR count). The van der Waals surface area contributed by atoms with Gasteiger partial charge in [0.15, 0.2) is 0 Å². The lowest BCUT2D eigenvalue weighted by atomic mass is 10.1. The van der Waals surface area contributed by atoms with Crippen LogP contribution >= 0.6 is 0 Å². The van der Waals surface area contributed by atoms with Gasteiger partial charge in [0.2, 0.25) is 0 Å². The Morgan fingerprint density at radius 1 is 1.32 bits per heavy atom. The van der Waals surface area contributed by atoms with E-state index in [4.69, 9.17) is 9.15 Å². The number of nitrogens with one attached hydrogen (secondary N) is 1. The summed E-state index contributed by atoms with van der Waals surface area (Å²) in [6.45, 7) is 5.05. The molecule has 0 saturated heterocycles. The van der Waals surface area contributed by atoms with Gasteiger partial charge in [0.1, 0.15) is 11.5 Å². The first-order chi connectivity index (χ1) is 9.19. The molecule has 0 amide bonds. The van der Waals surface area contributed by atoms with Gasteiger partial charge in [0.25, 0.3) is 0 Å². The van der Waals surface area contributed by atoms with E-state index in [-0.39, 0.29) is 0 Å². The maximum Gasteiger partial charge on any atom is 0.123 e. The van der Waals surface area contributed by atoms with Crippen LogP contribution in [0.4, 0.5) is 0 Å². The highest BCUT2D eigenvalue weighted by Crippen LogP contribution is 2.19. The molecule has 1 atom stereocenters. The van der Waals surface area contributed by atoms with E-state index in [2.05, 4.69) is 31.3 Å². The molecule has 0 bridgehead atoms. The van der Waals surface area contributed by atoms with Crippen molar-refractivity contribution in [1.29, 1.82) is 0 Å². The van der Waals surface area contributed by atoms with Gasteiger partial charge >= 0.3 is 0 Å². The minimum atomic E-state index is 0.358. The van der Waals surface area contributed by atoms with Gasteiger partial charge in [0.05, 0.1) is 13.4 Å². The Morgan fingerprint density at radius 2 is 2.16 bits per heavy atom. The molecule has 0 fully saturated rings. The van der Waals surface area contributed by atoms with Crippen molar-refractivity contribution in [3.8, 4) is 5.75 Å². The summed E-state index contributed by atoms with van der Waals surface area (Å²) >= 11 is 0. The molecule has 3 heteroatoms. The van der Waals surface area contributed by atoms with Gasteiger partial charge < -0.3 is 14.5 Å². The van der Waals surface area contributed by atoms with E-state index in [1.165, 1.54) is 11.1 Å². The lowest BCUT2D eigenvalue weighted by Gasteiger charge is -2.15. The summed E-state index contributed by atoms with van der Waals surface area (Å²) < 4.78 is 10.7. The minimum absolute atomic E-state index is 0.358. The second kappa shape index (κ2) is 6.43. The predicted molar refractivity (Wildman–Crippen MR) is 76.4 cm³/mol. The molecule has 0 aliphatic rings. The first-order valence-corrected chi connectivity index (χ1v) is 6.58. The number of ether oxygens (including phenoxy) is 1. The number of methoxy groups -OCH3 is 1. The van der Waals surface area contributed by atoms with Crippen LogP contribution in [0.1, 0.15) is 23.8 Å². The maximum atomic E-state index is 5.38. The average molecular weight is 259 g/mol. The molecule has 0 saturated carbocycles. The lowest BCUT2D eigenvalue weighted by Crippen LogP contribution is -2.27. The van der Waals surface area contributed by atoms with Gasteiger partial charge in [-0.2, -0.15) is 0 Å². The summed E-state index contributed by atoms with van der Waals surface area (Å²) in [6, 6.07) is 10.5. The van der Waals surface area contributed by atoms with Crippen molar-refractivity contribution in [3.63, 3.8) is 0 Å². The van der Waals surface area contributed by atoms with Gasteiger partial charge in [-0.1, -0.05) is 17.7 Å². The Labute approximate surface area is 114 Å². The van der Waals surface area contributed by atoms with Crippen molar-refractivity contribution in [2.45, 2.75) is 32.9 Å². The molecule has 0 radical (unpaired) electrons. The standard InChI is InChI=1S/C16H21NO2/c1-12-6-7-16(18-3)14(9-12)11-17-13(2)10-15-5-4-8-19-15/h4-9,13,17H,10-11H2,1-3H3. The third kappa shape index (κ3) is 3.86. The van der Waals surface area contributed by atoms with E-state index in [1.54, 1.807) is 13.4 Å². The van der Waals surface area contributed by atoms with Crippen molar-refractivity contribution in [3.05, 3.63) is 53.5 Å². The van der Waals surface area contributed by atoms with E-state index < -0.39 is 0 Å². The number of rotatable bonds is 6. The Morgan fingerprint density at radius 3 is 2.84 bits per heavy atom. The molecular weight excluding hydrogens is 238 g/mol. The Hall–Kier alpha value is -1.74. The van der Waals surface area contributed by atoms with Gasteiger partial charge in [-0.05, 0) is 32.0 Å². The van der Waals surface area contributed by atoms with Crippen LogP contribution in [0.5, 0.6) is 5.75 Å². The van der Waals surface area contributed by atoms with Crippen LogP contribution < -0.4 is 10.1 Å². The highest BCUT2D eigenvalue weighted by atomic mass is 16.5. The highest BCUT2D eigenvalue weighted by Gasteiger charge is 2.08. The number of furan rings is 1. The fraction of sp³-hybridized carbons (Fsp3) is 0.375. The molecule has 1 aromatic carbocycles. The molecule has 0 aliphatic carbocycles. The average Bonchev–Trinajstić information content (AvgIpc) is 2.89. The van der Waals surface area contributed by atoms with Crippen LogP contribution in [0.3, 0.4) is 0 Å². The zero-order valence-electron chi connectivity index (χ0n) is 11.8. The normalized spacial score (nSPS) is 12.4. The number of aryl methyl sites for hydroxylation is 1. The van der Waals surface area contributed by atoms with E-state index in [0.29, 0.717) is 6.04 Å². The smallest absolute Gasteiger partial charge is 0.123 e. The Balaban J connectivity index is 1.92. The summed E-state index contributed by atoms with van der Waals surface area (Å²) in [5, 5.41) is 3.50. The monoisotopic (exact) mass is 259 g/mol. The lowest BCUT2D eigenvalue weighted by molar-refractivity contribution is 0.403. The molecular formula is C16H21NO2. The van der Waals surface area contributed by atoms with Crippen molar-refractivity contribution < 1.29 is 9.15 Å². The minimum Gasteiger partial charge on any atom is -0.496 e. The van der Waals surface area contributed by atoms with Gasteiger partial charge in [-0.15, -0.1) is 0 Å². The Kier molecular flexibility index (Phi) is 4.63. The molecule has 19 heavy (non-hydrogen) atoms. The topological polar surface area (TPSA) is 34.4 Å². The van der Waals surface area contributed by atoms with Gasteiger partial charge in [-0.3, -0.25) is 0 Å². The van der Waals surface area contributed by atoms with Crippen molar-refractivity contribution in [2.24, 2.45) is 0 Å². The van der Waals surface area contributed by atoms with Gasteiger partial charge in [0, 0.05) is 24.6 Å². The second-order valence-electron chi connectivity index (χ2n) is 4.88. The number of hydrogen-bond acceptors (Lipinski definition) is 3. The van der Waals surface area contributed by atoms with E-state index in [9.17, 15) is 0 Å². The van der Waals surface area contributed by atoms with E-state index in [1.807, 2.05) is 18.2 Å². The molecule has 0 aliphatic heterocycles. The van der Waals surface area contributed by atoms with Gasteiger partial charge in [-0.25, -0.2) is 0 Å². The molecule has 3 nitrogen and oxygen atoms in total. The van der Waals surface area contributed by atoms with Crippen LogP contribution in [0.2, 0.25) is 0 Å². The first kappa shape index (κ1) is 13.7. The van der Waals surface area contributed by atoms with Crippen molar-refractivity contribution >= 4 is 0 Å². The number of hydrogen-bond donors (Lipinski definition) is 1. The fourth-order valence-corrected chi connectivity index (χ4v) is 2.13. The first-order valence-electron chi connectivity index (χ1n) is 6.58. The zero-order chi connectivity index (χ0) is 13.7. The molecule has 0 spiro atoms. The quantitative estimate of drug-likeness (QED) is 0.864. The van der Waals surface area contributed by atoms with Crippen molar-refractivity contribution in [2.75, 3.05) is 7.11 Å². The molecule has 1 unspecified atom stereocenters. The summed E-state index contributed by atoms with van der Waals surface area (Å²) in [4.78, 5) is 0. The largest absolute Gasteiger partial charge is 0.496 e. The van der Waals surface area contributed by atoms with Crippen LogP contribution in [0.15, 0.2) is 41.0 Å². The van der Waals surface area contributed by atoms with Crippen LogP contribution in [0.25, 0.3) is 0 Å². The second-order valence-corrected chi connectivity index (χ2v) is 4.88. The highest BCUT2D eigenvalue weighted by molar-refractivity contribution is 5.36. The SMILES string of the molecule is COc1ccc(C)cc1CNC(C)Cc1ccco1. The van der Waals surface area contributed by atoms with Crippen LogP contribution in [0, 0.1) is 6.92 Å². The zero-order valence-corrected chi connectivity index (χ0v) is 11.8. The van der Waals surface area contributed by atoms with E-state index >= 15 is 0 Å². The molecule has 1 aromatic heterocycles. The summed E-state index contributed by atoms with van der Waals surface area (Å²) in [6.07, 6.45) is 2.60. The van der Waals surface area contributed by atoms with Crippen LogP contribution in [-0.2, 0) is 13.0 Å². The molecule has 1 N–H and O–H groups in total. The summed E-state index contributed by atoms with van der Waals surface area (Å²) in [5.74, 6) is 1.94. The van der Waals surface area contributed by atoms with Crippen LogP contribution in [-0.4, -0.2) is 13.2 Å². The molecule has 102 valence electrons. The summed E-state index contributed by atoms with van der Waals surface area (Å²) in [7, 11) is 1.71. The third-order valence-corrected chi connectivity index (χ3v) is 3.16. The molecule has 1 heterocycles. The fourth-order valence-electron chi connectivity index (χ4n) is 2.13. The third-order valence-electron chi connectivity index (χ3n) is 3.16. The van der Waals surface area contributed by atoms with Crippen molar-refractivity contribution in [1.82, 2.24) is 5.32 Å². The van der Waals surface area contributed by atoms with E-state index in [0.717, 1.165) is 24.5 Å². The summed E-state index contributed by atoms with van der Waals surface area (Å²) in [5.41, 5.74) is 2.44. The predicted octanol–water partition coefficient (Wildman–Crippen LogP) is 3.32. The number of benzene rings is 1.